The summed E-state index contributed by atoms with van der Waals surface area (Å²) in [6.45, 7) is 4.33. The summed E-state index contributed by atoms with van der Waals surface area (Å²) in [5, 5.41) is 6.99. The van der Waals surface area contributed by atoms with E-state index in [1.54, 1.807) is 16.9 Å². The third-order valence-electron chi connectivity index (χ3n) is 3.81. The van der Waals surface area contributed by atoms with Crippen molar-refractivity contribution in [1.82, 2.24) is 15.1 Å². The van der Waals surface area contributed by atoms with E-state index in [4.69, 9.17) is 0 Å². The largest absolute Gasteiger partial charge is 0.416 e. The van der Waals surface area contributed by atoms with Gasteiger partial charge in [-0.3, -0.25) is 4.79 Å². The topological polar surface area (TPSA) is 50.2 Å². The number of alkyl halides is 3. The van der Waals surface area contributed by atoms with E-state index in [0.29, 0.717) is 18.8 Å². The minimum atomic E-state index is -4.37. The molecule has 1 atom stereocenters. The lowest BCUT2D eigenvalue weighted by atomic mass is 10.1. The summed E-state index contributed by atoms with van der Waals surface area (Å²) in [6.07, 6.45) is -1.58. The van der Waals surface area contributed by atoms with Crippen LogP contribution in [0.4, 0.5) is 24.7 Å². The monoisotopic (exact) mass is 336 g/mol. The van der Waals surface area contributed by atoms with Gasteiger partial charge in [-0.25, -0.2) is 4.68 Å². The summed E-state index contributed by atoms with van der Waals surface area (Å²) in [4.78, 5) is 13.4. The molecule has 126 valence electrons. The first-order chi connectivity index (χ1) is 11.4. The van der Waals surface area contributed by atoms with Gasteiger partial charge < -0.3 is 10.2 Å². The van der Waals surface area contributed by atoms with Gasteiger partial charge in [-0.15, -0.1) is 0 Å². The maximum Gasteiger partial charge on any atom is 0.416 e. The number of nitrogens with one attached hydrogen (secondary N) is 1. The minimum absolute atomic E-state index is 0.231. The van der Waals surface area contributed by atoms with Crippen LogP contribution in [0.2, 0.25) is 0 Å². The Balaban J connectivity index is 1.89. The molecule has 8 heteroatoms. The summed E-state index contributed by atoms with van der Waals surface area (Å²) in [6, 6.07) is 6.47. The molecule has 1 aliphatic rings. The number of hydrogen-bond donors (Lipinski definition) is 1. The lowest BCUT2D eigenvalue weighted by Crippen LogP contribution is -2.48. The Morgan fingerprint density at radius 2 is 1.96 bits per heavy atom. The van der Waals surface area contributed by atoms with Crippen LogP contribution in [0.15, 0.2) is 49.2 Å². The zero-order chi connectivity index (χ0) is 17.3. The first-order valence-corrected chi connectivity index (χ1v) is 7.28. The molecule has 5 nitrogen and oxygen atoms in total. The smallest absolute Gasteiger partial charge is 0.346 e. The molecule has 3 rings (SSSR count). The second kappa shape index (κ2) is 6.03. The number of carbonyl (C=O) groups excluding carboxylic acids is 1. The number of fused-ring (bicyclic) bond motifs is 1. The van der Waals surface area contributed by atoms with Gasteiger partial charge in [0.15, 0.2) is 0 Å². The van der Waals surface area contributed by atoms with Gasteiger partial charge in [-0.1, -0.05) is 6.58 Å². The molecule has 0 saturated heterocycles. The lowest BCUT2D eigenvalue weighted by Gasteiger charge is -2.35. The Labute approximate surface area is 136 Å². The molecule has 0 aliphatic carbocycles. The van der Waals surface area contributed by atoms with E-state index in [1.807, 2.05) is 4.90 Å². The van der Waals surface area contributed by atoms with Gasteiger partial charge in [-0.05, 0) is 30.3 Å². The fourth-order valence-corrected chi connectivity index (χ4v) is 2.70. The number of aromatic nitrogens is 2. The average molecular weight is 336 g/mol. The highest BCUT2D eigenvalue weighted by atomic mass is 19.4. The highest BCUT2D eigenvalue weighted by Crippen LogP contribution is 2.33. The molecule has 1 aromatic heterocycles. The zero-order valence-corrected chi connectivity index (χ0v) is 12.6. The van der Waals surface area contributed by atoms with E-state index >= 15 is 0 Å². The average Bonchev–Trinajstić information content (AvgIpc) is 3.01. The minimum Gasteiger partial charge on any atom is -0.346 e. The molecule has 2 heterocycles. The van der Waals surface area contributed by atoms with E-state index in [0.717, 1.165) is 18.0 Å². The van der Waals surface area contributed by atoms with Crippen LogP contribution in [0.5, 0.6) is 0 Å². The summed E-state index contributed by atoms with van der Waals surface area (Å²) in [5.41, 5.74) is -0.101. The van der Waals surface area contributed by atoms with Crippen LogP contribution in [-0.2, 0) is 17.5 Å². The summed E-state index contributed by atoms with van der Waals surface area (Å²) in [5.74, 6) is 0.460. The van der Waals surface area contributed by atoms with Crippen LogP contribution in [0.1, 0.15) is 5.56 Å². The van der Waals surface area contributed by atoms with Gasteiger partial charge in [0.1, 0.15) is 5.82 Å². The van der Waals surface area contributed by atoms with Gasteiger partial charge in [-0.2, -0.15) is 18.3 Å². The normalized spacial score (nSPS) is 17.3. The predicted octanol–water partition coefficient (Wildman–Crippen LogP) is 2.72. The van der Waals surface area contributed by atoms with Gasteiger partial charge in [0.2, 0.25) is 5.91 Å². The SMILES string of the molecule is C=CC(=O)N[C@@H]1CN(c2ccc(C(F)(F)F)cc2)c2ccnn2C1. The number of benzene rings is 1. The molecule has 1 aromatic carbocycles. The van der Waals surface area contributed by atoms with Crippen molar-refractivity contribution in [2.24, 2.45) is 0 Å². The number of nitrogens with zero attached hydrogens (tertiary/aromatic N) is 3. The van der Waals surface area contributed by atoms with Crippen molar-refractivity contribution in [2.75, 3.05) is 11.4 Å². The molecule has 0 spiro atoms. The van der Waals surface area contributed by atoms with Crippen molar-refractivity contribution in [3.8, 4) is 0 Å². The van der Waals surface area contributed by atoms with E-state index < -0.39 is 11.7 Å². The molecule has 0 unspecified atom stereocenters. The summed E-state index contributed by atoms with van der Waals surface area (Å²) in [7, 11) is 0. The predicted molar refractivity (Wildman–Crippen MR) is 82.8 cm³/mol. The fourth-order valence-electron chi connectivity index (χ4n) is 2.70. The van der Waals surface area contributed by atoms with Crippen molar-refractivity contribution in [2.45, 2.75) is 18.8 Å². The van der Waals surface area contributed by atoms with Crippen molar-refractivity contribution in [3.63, 3.8) is 0 Å². The van der Waals surface area contributed by atoms with Crippen LogP contribution in [-0.4, -0.2) is 28.3 Å². The van der Waals surface area contributed by atoms with Crippen LogP contribution in [0.3, 0.4) is 0 Å². The number of carbonyl (C=O) groups is 1. The van der Waals surface area contributed by atoms with Crippen LogP contribution in [0, 0.1) is 0 Å². The third-order valence-corrected chi connectivity index (χ3v) is 3.81. The molecule has 2 aromatic rings. The molecule has 1 amide bonds. The molecule has 1 N–H and O–H groups in total. The molecule has 0 saturated carbocycles. The molecule has 1 aliphatic heterocycles. The number of anilines is 2. The summed E-state index contributed by atoms with van der Waals surface area (Å²) >= 11 is 0. The van der Waals surface area contributed by atoms with E-state index in [2.05, 4.69) is 17.0 Å². The first-order valence-electron chi connectivity index (χ1n) is 7.28. The standard InChI is InChI=1S/C16H15F3N4O/c1-2-14(24)21-12-9-22(15-7-8-20-23(15)10-12)13-5-3-11(4-6-13)16(17,18)19/h2-8,12H,1,9-10H2,(H,21,24)/t12-/m1/s1. The highest BCUT2D eigenvalue weighted by molar-refractivity contribution is 5.87. The molecular formula is C16H15F3N4O. The maximum atomic E-state index is 12.7. The zero-order valence-electron chi connectivity index (χ0n) is 12.6. The molecular weight excluding hydrogens is 321 g/mol. The second-order valence-electron chi connectivity index (χ2n) is 5.44. The fraction of sp³-hybridized carbons (Fsp3) is 0.250. The van der Waals surface area contributed by atoms with Crippen LogP contribution < -0.4 is 10.2 Å². The van der Waals surface area contributed by atoms with Crippen molar-refractivity contribution < 1.29 is 18.0 Å². The second-order valence-corrected chi connectivity index (χ2v) is 5.44. The van der Waals surface area contributed by atoms with Crippen molar-refractivity contribution >= 4 is 17.4 Å². The molecule has 0 radical (unpaired) electrons. The van der Waals surface area contributed by atoms with Gasteiger partial charge in [0, 0.05) is 18.3 Å². The Morgan fingerprint density at radius 3 is 2.58 bits per heavy atom. The van der Waals surface area contributed by atoms with Gasteiger partial charge >= 0.3 is 6.18 Å². The molecule has 0 bridgehead atoms. The van der Waals surface area contributed by atoms with Crippen molar-refractivity contribution in [3.05, 3.63) is 54.7 Å². The number of amides is 1. The number of rotatable bonds is 3. The summed E-state index contributed by atoms with van der Waals surface area (Å²) < 4.78 is 39.8. The third kappa shape index (κ3) is 3.12. The molecule has 0 fully saturated rings. The maximum absolute atomic E-state index is 12.7. The highest BCUT2D eigenvalue weighted by Gasteiger charge is 2.31. The van der Waals surface area contributed by atoms with Crippen LogP contribution in [0.25, 0.3) is 0 Å². The number of hydrogen-bond acceptors (Lipinski definition) is 3. The Morgan fingerprint density at radius 1 is 1.25 bits per heavy atom. The Hall–Kier alpha value is -2.77. The van der Waals surface area contributed by atoms with Gasteiger partial charge in [0.05, 0.1) is 24.3 Å². The Bertz CT molecular complexity index is 751. The first kappa shape index (κ1) is 16.1. The van der Waals surface area contributed by atoms with Crippen LogP contribution >= 0.6 is 0 Å². The van der Waals surface area contributed by atoms with Crippen molar-refractivity contribution in [1.29, 1.82) is 0 Å². The number of halogens is 3. The Kier molecular flexibility index (Phi) is 4.04. The van der Waals surface area contributed by atoms with E-state index in [9.17, 15) is 18.0 Å². The lowest BCUT2D eigenvalue weighted by molar-refractivity contribution is -0.137. The van der Waals surface area contributed by atoms with E-state index in [1.165, 1.54) is 18.2 Å². The van der Waals surface area contributed by atoms with Gasteiger partial charge in [0.25, 0.3) is 0 Å². The quantitative estimate of drug-likeness (QED) is 0.877. The molecule has 24 heavy (non-hydrogen) atoms. The van der Waals surface area contributed by atoms with E-state index in [-0.39, 0.29) is 11.9 Å².